The van der Waals surface area contributed by atoms with Gasteiger partial charge in [-0.15, -0.1) is 0 Å². The molecule has 21 heavy (non-hydrogen) atoms. The quantitative estimate of drug-likeness (QED) is 0.566. The molecule has 0 bridgehead atoms. The second-order valence-corrected chi connectivity index (χ2v) is 5.10. The lowest BCUT2D eigenvalue weighted by molar-refractivity contribution is 0.610. The van der Waals surface area contributed by atoms with Crippen molar-refractivity contribution in [3.05, 3.63) is 60.4 Å². The first-order valence-electron chi connectivity index (χ1n) is 6.70. The van der Waals surface area contributed by atoms with Crippen molar-refractivity contribution >= 4 is 21.8 Å². The van der Waals surface area contributed by atoms with Gasteiger partial charge in [0.25, 0.3) is 0 Å². The topological polar surface area (TPSA) is 41.6 Å². The minimum atomic E-state index is -0.284. The summed E-state index contributed by atoms with van der Waals surface area (Å²) >= 11 is 0. The van der Waals surface area contributed by atoms with Gasteiger partial charge in [-0.1, -0.05) is 12.1 Å². The summed E-state index contributed by atoms with van der Waals surface area (Å²) in [5, 5.41) is 2.20. The van der Waals surface area contributed by atoms with Crippen LogP contribution < -0.4 is 0 Å². The molecule has 3 heterocycles. The highest BCUT2D eigenvalue weighted by molar-refractivity contribution is 6.07. The molecule has 1 N–H and O–H groups in total. The van der Waals surface area contributed by atoms with Crippen LogP contribution >= 0.6 is 0 Å². The first-order chi connectivity index (χ1) is 10.2. The van der Waals surface area contributed by atoms with Crippen molar-refractivity contribution < 1.29 is 4.39 Å². The number of nitrogens with one attached hydrogen (secondary N) is 1. The SMILES string of the molecule is Cc1ncc(-c2ccc3c(c2)[nH]c2ccncc23)cc1F. The van der Waals surface area contributed by atoms with Crippen LogP contribution in [0, 0.1) is 12.7 Å². The number of aryl methyl sites for hydroxylation is 1. The Bertz CT molecular complexity index is 972. The molecular weight excluding hydrogens is 265 g/mol. The van der Waals surface area contributed by atoms with Crippen LogP contribution in [0.3, 0.4) is 0 Å². The number of aromatic nitrogens is 3. The van der Waals surface area contributed by atoms with Crippen LogP contribution in [0.15, 0.2) is 48.9 Å². The summed E-state index contributed by atoms with van der Waals surface area (Å²) in [4.78, 5) is 11.6. The molecule has 0 saturated heterocycles. The van der Waals surface area contributed by atoms with E-state index in [0.717, 1.165) is 32.9 Å². The predicted octanol–water partition coefficient (Wildman–Crippen LogP) is 4.23. The molecule has 0 aliphatic rings. The number of halogens is 1. The number of fused-ring (bicyclic) bond motifs is 3. The Balaban J connectivity index is 1.94. The van der Waals surface area contributed by atoms with Gasteiger partial charge in [-0.05, 0) is 30.7 Å². The number of hydrogen-bond acceptors (Lipinski definition) is 2. The van der Waals surface area contributed by atoms with Gasteiger partial charge in [0.2, 0.25) is 0 Å². The lowest BCUT2D eigenvalue weighted by Crippen LogP contribution is -1.89. The van der Waals surface area contributed by atoms with E-state index < -0.39 is 0 Å². The Kier molecular flexibility index (Phi) is 2.51. The standard InChI is InChI=1S/C17H12FN3/c1-10-15(18)6-12(8-20-10)11-2-3-13-14-9-19-5-4-16(14)21-17(13)7-11/h2-9,21H,1H3. The largest absolute Gasteiger partial charge is 0.354 e. The Morgan fingerprint density at radius 1 is 0.952 bits per heavy atom. The van der Waals surface area contributed by atoms with Crippen molar-refractivity contribution in [3.8, 4) is 11.1 Å². The highest BCUT2D eigenvalue weighted by Crippen LogP contribution is 2.29. The molecule has 3 nitrogen and oxygen atoms in total. The average molecular weight is 277 g/mol. The third-order valence-corrected chi connectivity index (χ3v) is 3.76. The van der Waals surface area contributed by atoms with E-state index in [1.807, 2.05) is 30.5 Å². The van der Waals surface area contributed by atoms with Crippen molar-refractivity contribution in [2.75, 3.05) is 0 Å². The number of rotatable bonds is 1. The van der Waals surface area contributed by atoms with Crippen LogP contribution in [0.4, 0.5) is 4.39 Å². The number of nitrogens with zero attached hydrogens (tertiary/aromatic N) is 2. The first kappa shape index (κ1) is 12.0. The van der Waals surface area contributed by atoms with Crippen LogP contribution in [0.2, 0.25) is 0 Å². The zero-order valence-corrected chi connectivity index (χ0v) is 11.4. The van der Waals surface area contributed by atoms with Crippen molar-refractivity contribution in [2.24, 2.45) is 0 Å². The van der Waals surface area contributed by atoms with E-state index in [4.69, 9.17) is 0 Å². The van der Waals surface area contributed by atoms with E-state index >= 15 is 0 Å². The van der Waals surface area contributed by atoms with Gasteiger partial charge in [-0.2, -0.15) is 0 Å². The lowest BCUT2D eigenvalue weighted by Gasteiger charge is -2.03. The maximum absolute atomic E-state index is 13.7. The summed E-state index contributed by atoms with van der Waals surface area (Å²) in [5.74, 6) is -0.284. The van der Waals surface area contributed by atoms with E-state index in [0.29, 0.717) is 5.69 Å². The average Bonchev–Trinajstić information content (AvgIpc) is 2.87. The monoisotopic (exact) mass is 277 g/mol. The summed E-state index contributed by atoms with van der Waals surface area (Å²) in [7, 11) is 0. The molecule has 4 heteroatoms. The molecule has 0 saturated carbocycles. The van der Waals surface area contributed by atoms with Crippen LogP contribution in [-0.4, -0.2) is 15.0 Å². The molecule has 4 rings (SSSR count). The Labute approximate surface area is 120 Å². The fourth-order valence-corrected chi connectivity index (χ4v) is 2.59. The normalized spacial score (nSPS) is 11.3. The summed E-state index contributed by atoms with van der Waals surface area (Å²) in [6.45, 7) is 1.66. The van der Waals surface area contributed by atoms with E-state index in [2.05, 4.69) is 15.0 Å². The van der Waals surface area contributed by atoms with Crippen LogP contribution in [-0.2, 0) is 0 Å². The number of benzene rings is 1. The third-order valence-electron chi connectivity index (χ3n) is 3.76. The van der Waals surface area contributed by atoms with Crippen LogP contribution in [0.5, 0.6) is 0 Å². The summed E-state index contributed by atoms with van der Waals surface area (Å²) < 4.78 is 13.7. The van der Waals surface area contributed by atoms with Crippen molar-refractivity contribution in [1.29, 1.82) is 0 Å². The van der Waals surface area contributed by atoms with Gasteiger partial charge in [0.1, 0.15) is 5.82 Å². The maximum Gasteiger partial charge on any atom is 0.145 e. The number of hydrogen-bond donors (Lipinski definition) is 1. The van der Waals surface area contributed by atoms with E-state index in [-0.39, 0.29) is 5.82 Å². The first-order valence-corrected chi connectivity index (χ1v) is 6.70. The Morgan fingerprint density at radius 2 is 1.86 bits per heavy atom. The Hall–Kier alpha value is -2.75. The fraction of sp³-hybridized carbons (Fsp3) is 0.0588. The molecule has 0 spiro atoms. The molecule has 0 unspecified atom stereocenters. The lowest BCUT2D eigenvalue weighted by atomic mass is 10.0. The number of H-pyrrole nitrogens is 1. The van der Waals surface area contributed by atoms with Crippen molar-refractivity contribution in [1.82, 2.24) is 15.0 Å². The van der Waals surface area contributed by atoms with Gasteiger partial charge < -0.3 is 4.98 Å². The molecule has 0 fully saturated rings. The fourth-order valence-electron chi connectivity index (χ4n) is 2.59. The molecule has 0 radical (unpaired) electrons. The molecule has 1 aromatic carbocycles. The second kappa shape index (κ2) is 4.38. The predicted molar refractivity (Wildman–Crippen MR) is 81.5 cm³/mol. The molecule has 0 amide bonds. The summed E-state index contributed by atoms with van der Waals surface area (Å²) in [5.41, 5.74) is 4.18. The van der Waals surface area contributed by atoms with Gasteiger partial charge in [0.05, 0.1) is 5.69 Å². The molecular formula is C17H12FN3. The zero-order valence-electron chi connectivity index (χ0n) is 11.4. The highest BCUT2D eigenvalue weighted by Gasteiger charge is 2.07. The number of pyridine rings is 2. The maximum atomic E-state index is 13.7. The molecule has 0 aliphatic heterocycles. The van der Waals surface area contributed by atoms with Gasteiger partial charge in [-0.3, -0.25) is 9.97 Å². The van der Waals surface area contributed by atoms with Gasteiger partial charge in [0, 0.05) is 46.0 Å². The van der Waals surface area contributed by atoms with Gasteiger partial charge >= 0.3 is 0 Å². The molecule has 0 atom stereocenters. The summed E-state index contributed by atoms with van der Waals surface area (Å²) in [6.07, 6.45) is 5.31. The van der Waals surface area contributed by atoms with E-state index in [1.54, 1.807) is 19.3 Å². The van der Waals surface area contributed by atoms with Gasteiger partial charge in [0.15, 0.2) is 0 Å². The molecule has 4 aromatic rings. The van der Waals surface area contributed by atoms with Crippen LogP contribution in [0.25, 0.3) is 32.9 Å². The van der Waals surface area contributed by atoms with Crippen molar-refractivity contribution in [2.45, 2.75) is 6.92 Å². The number of aromatic amines is 1. The van der Waals surface area contributed by atoms with E-state index in [9.17, 15) is 4.39 Å². The van der Waals surface area contributed by atoms with Crippen LogP contribution in [0.1, 0.15) is 5.69 Å². The summed E-state index contributed by atoms with van der Waals surface area (Å²) in [6, 6.07) is 9.49. The van der Waals surface area contributed by atoms with E-state index in [1.165, 1.54) is 6.07 Å². The highest BCUT2D eigenvalue weighted by atomic mass is 19.1. The van der Waals surface area contributed by atoms with Gasteiger partial charge in [-0.25, -0.2) is 4.39 Å². The smallest absolute Gasteiger partial charge is 0.145 e. The zero-order chi connectivity index (χ0) is 14.4. The minimum absolute atomic E-state index is 0.284. The second-order valence-electron chi connectivity index (χ2n) is 5.10. The molecule has 102 valence electrons. The molecule has 3 aromatic heterocycles. The van der Waals surface area contributed by atoms with Crippen molar-refractivity contribution in [3.63, 3.8) is 0 Å². The third kappa shape index (κ3) is 1.88. The molecule has 0 aliphatic carbocycles. The minimum Gasteiger partial charge on any atom is -0.354 e. The Morgan fingerprint density at radius 3 is 2.71 bits per heavy atom.